The second-order valence-electron chi connectivity index (χ2n) is 2.13. The van der Waals surface area contributed by atoms with E-state index in [9.17, 15) is 0 Å². The average Bonchev–Trinajstić information content (AvgIpc) is 2.00. The van der Waals surface area contributed by atoms with E-state index in [-0.39, 0.29) is 21.1 Å². The zero-order valence-electron chi connectivity index (χ0n) is 10.0. The van der Waals surface area contributed by atoms with Crippen LogP contribution in [0.2, 0.25) is 0 Å². The molecule has 0 saturated carbocycles. The van der Waals surface area contributed by atoms with Crippen molar-refractivity contribution >= 4 is 17.9 Å². The zero-order chi connectivity index (χ0) is 14.1. The molecule has 0 aromatic carbocycles. The van der Waals surface area contributed by atoms with Gasteiger partial charge in [-0.2, -0.15) is 0 Å². The fourth-order valence-corrected chi connectivity index (χ4v) is 0. The summed E-state index contributed by atoms with van der Waals surface area (Å²) in [4.78, 5) is 27.0. The van der Waals surface area contributed by atoms with Crippen LogP contribution in [-0.2, 0) is 35.4 Å². The summed E-state index contributed by atoms with van der Waals surface area (Å²) in [6, 6.07) is 0. The van der Waals surface area contributed by atoms with Crippen LogP contribution in [0.5, 0.6) is 0 Å². The van der Waals surface area contributed by atoms with Gasteiger partial charge in [0.15, 0.2) is 0 Å². The van der Waals surface area contributed by atoms with Crippen LogP contribution in [0.25, 0.3) is 0 Å². The molecule has 0 aromatic heterocycles. The maximum Gasteiger partial charge on any atom is 0.300 e. The SMILES string of the molecule is CC(=O)O.CC(=O)O.CC(=O)O.NCCN.[Mo]. The van der Waals surface area contributed by atoms with Crippen molar-refractivity contribution in [1.82, 2.24) is 0 Å². The first-order valence-electron chi connectivity index (χ1n) is 4.10. The van der Waals surface area contributed by atoms with Gasteiger partial charge in [0.1, 0.15) is 0 Å². The van der Waals surface area contributed by atoms with E-state index in [4.69, 9.17) is 41.2 Å². The van der Waals surface area contributed by atoms with Gasteiger partial charge in [0, 0.05) is 54.9 Å². The molecular formula is C8H20MoN2O6. The summed E-state index contributed by atoms with van der Waals surface area (Å²) >= 11 is 0. The third kappa shape index (κ3) is 7590000. The summed E-state index contributed by atoms with van der Waals surface area (Å²) in [5.74, 6) is -2.50. The Bertz CT molecular complexity index is 146. The second-order valence-corrected chi connectivity index (χ2v) is 2.13. The molecule has 0 unspecified atom stereocenters. The summed E-state index contributed by atoms with van der Waals surface area (Å²) in [6.45, 7) is 4.44. The van der Waals surface area contributed by atoms with Gasteiger partial charge in [-0.1, -0.05) is 0 Å². The molecule has 0 fully saturated rings. The Balaban J connectivity index is -0.0000000369. The molecule has 0 heterocycles. The summed E-state index contributed by atoms with van der Waals surface area (Å²) in [7, 11) is 0. The first-order chi connectivity index (χ1) is 7.11. The van der Waals surface area contributed by atoms with Gasteiger partial charge in [-0.3, -0.25) is 14.4 Å². The van der Waals surface area contributed by atoms with E-state index in [1.165, 1.54) is 0 Å². The Kier molecular flexibility index (Phi) is 51.5. The van der Waals surface area contributed by atoms with Gasteiger partial charge in [-0.05, 0) is 0 Å². The van der Waals surface area contributed by atoms with Crippen LogP contribution in [0, 0.1) is 0 Å². The third-order valence-electron chi connectivity index (χ3n) is 0.167. The van der Waals surface area contributed by atoms with Crippen molar-refractivity contribution in [3.05, 3.63) is 0 Å². The van der Waals surface area contributed by atoms with Crippen molar-refractivity contribution in [2.24, 2.45) is 11.5 Å². The molecule has 0 aliphatic rings. The van der Waals surface area contributed by atoms with Crippen LogP contribution in [-0.4, -0.2) is 46.3 Å². The third-order valence-corrected chi connectivity index (χ3v) is 0.167. The van der Waals surface area contributed by atoms with E-state index in [0.717, 1.165) is 20.8 Å². The van der Waals surface area contributed by atoms with Gasteiger partial charge >= 0.3 is 0 Å². The molecule has 0 aliphatic heterocycles. The predicted molar refractivity (Wildman–Crippen MR) is 58.0 cm³/mol. The van der Waals surface area contributed by atoms with Gasteiger partial charge in [0.25, 0.3) is 17.9 Å². The maximum absolute atomic E-state index is 9.00. The van der Waals surface area contributed by atoms with Crippen LogP contribution in [0.4, 0.5) is 0 Å². The van der Waals surface area contributed by atoms with Crippen LogP contribution in [0.1, 0.15) is 20.8 Å². The van der Waals surface area contributed by atoms with Crippen molar-refractivity contribution in [3.8, 4) is 0 Å². The minimum absolute atomic E-state index is 0. The molecule has 0 aromatic rings. The molecule has 104 valence electrons. The number of carboxylic acids is 3. The zero-order valence-corrected chi connectivity index (χ0v) is 12.1. The fourth-order valence-electron chi connectivity index (χ4n) is 0. The molecule has 0 rings (SSSR count). The molecule has 0 bridgehead atoms. The Morgan fingerprint density at radius 2 is 0.824 bits per heavy atom. The van der Waals surface area contributed by atoms with Gasteiger partial charge in [0.2, 0.25) is 0 Å². The van der Waals surface area contributed by atoms with Crippen molar-refractivity contribution < 1.29 is 50.8 Å². The van der Waals surface area contributed by atoms with E-state index in [0.29, 0.717) is 13.1 Å². The average molecular weight is 336 g/mol. The van der Waals surface area contributed by atoms with Gasteiger partial charge in [0.05, 0.1) is 0 Å². The number of rotatable bonds is 1. The standard InChI is InChI=1S/C2H8N2.3C2H4O2.Mo/c3-1-2-4;3*1-2(3)4;/h1-4H2;3*1H3,(H,3,4);. The minimum Gasteiger partial charge on any atom is -0.481 e. The molecule has 9 heteroatoms. The Labute approximate surface area is 114 Å². The van der Waals surface area contributed by atoms with E-state index >= 15 is 0 Å². The Morgan fingerprint density at radius 1 is 0.765 bits per heavy atom. The van der Waals surface area contributed by atoms with Crippen LogP contribution >= 0.6 is 0 Å². The first-order valence-corrected chi connectivity index (χ1v) is 4.10. The quantitative estimate of drug-likeness (QED) is 0.387. The fraction of sp³-hybridized carbons (Fsp3) is 0.625. The van der Waals surface area contributed by atoms with E-state index < -0.39 is 17.9 Å². The summed E-state index contributed by atoms with van der Waals surface area (Å²) in [6.07, 6.45) is 0. The number of aliphatic carboxylic acids is 3. The molecule has 8 nitrogen and oxygen atoms in total. The Morgan fingerprint density at radius 3 is 0.824 bits per heavy atom. The second kappa shape index (κ2) is 29.4. The largest absolute Gasteiger partial charge is 0.481 e. The van der Waals surface area contributed by atoms with Crippen molar-refractivity contribution in [2.75, 3.05) is 13.1 Å². The van der Waals surface area contributed by atoms with Crippen molar-refractivity contribution in [1.29, 1.82) is 0 Å². The van der Waals surface area contributed by atoms with Gasteiger partial charge < -0.3 is 26.8 Å². The number of hydrogen-bond acceptors (Lipinski definition) is 5. The van der Waals surface area contributed by atoms with Crippen molar-refractivity contribution in [3.63, 3.8) is 0 Å². The topological polar surface area (TPSA) is 164 Å². The normalized spacial score (nSPS) is 6.18. The number of nitrogens with two attached hydrogens (primary N) is 2. The number of carboxylic acid groups (broad SMARTS) is 3. The summed E-state index contributed by atoms with van der Waals surface area (Å²) in [5, 5.41) is 22.2. The van der Waals surface area contributed by atoms with Gasteiger partial charge in [-0.15, -0.1) is 0 Å². The summed E-state index contributed by atoms with van der Waals surface area (Å²) < 4.78 is 0. The van der Waals surface area contributed by atoms with E-state index in [1.807, 2.05) is 0 Å². The molecule has 17 heavy (non-hydrogen) atoms. The number of hydrogen-bond donors (Lipinski definition) is 5. The van der Waals surface area contributed by atoms with Crippen LogP contribution < -0.4 is 11.5 Å². The van der Waals surface area contributed by atoms with E-state index in [1.54, 1.807) is 0 Å². The minimum atomic E-state index is -0.833. The first kappa shape index (κ1) is 29.8. The molecule has 0 radical (unpaired) electrons. The maximum atomic E-state index is 9.00. The molecule has 0 aliphatic carbocycles. The summed E-state index contributed by atoms with van der Waals surface area (Å²) in [5.41, 5.74) is 9.81. The monoisotopic (exact) mass is 338 g/mol. The molecule has 0 amide bonds. The smallest absolute Gasteiger partial charge is 0.300 e. The van der Waals surface area contributed by atoms with Crippen molar-refractivity contribution in [2.45, 2.75) is 20.8 Å². The van der Waals surface area contributed by atoms with Crippen LogP contribution in [0.15, 0.2) is 0 Å². The van der Waals surface area contributed by atoms with Crippen LogP contribution in [0.3, 0.4) is 0 Å². The molecule has 0 saturated heterocycles. The molecule has 0 atom stereocenters. The van der Waals surface area contributed by atoms with E-state index in [2.05, 4.69) is 0 Å². The van der Waals surface area contributed by atoms with Gasteiger partial charge in [-0.25, -0.2) is 0 Å². The predicted octanol–water partition coefficient (Wildman–Crippen LogP) is -0.826. The number of carbonyl (C=O) groups is 3. The Hall–Kier alpha value is -0.982. The molecule has 7 N–H and O–H groups in total. The molecular weight excluding hydrogens is 316 g/mol. The molecule has 0 spiro atoms.